The maximum atomic E-state index is 13.8. The second-order valence-electron chi connectivity index (χ2n) is 15.1. The molecule has 0 aromatic rings. The molecule has 294 valence electrons. The van der Waals surface area contributed by atoms with Gasteiger partial charge in [-0.1, -0.05) is 41.5 Å². The summed E-state index contributed by atoms with van der Waals surface area (Å²) >= 11 is 0. The van der Waals surface area contributed by atoms with E-state index in [0.29, 0.717) is 58.2 Å². The van der Waals surface area contributed by atoms with Gasteiger partial charge in [0.25, 0.3) is 0 Å². The van der Waals surface area contributed by atoms with Crippen molar-refractivity contribution in [2.45, 2.75) is 155 Å². The molecule has 1 fully saturated rings. The summed E-state index contributed by atoms with van der Waals surface area (Å²) in [5, 5.41) is 17.0. The maximum absolute atomic E-state index is 13.8. The van der Waals surface area contributed by atoms with Crippen LogP contribution in [0.1, 0.15) is 119 Å². The van der Waals surface area contributed by atoms with Crippen LogP contribution in [-0.4, -0.2) is 91.3 Å². The van der Waals surface area contributed by atoms with Gasteiger partial charge < -0.3 is 49.1 Å². The first-order chi connectivity index (χ1) is 24.1. The molecule has 0 aromatic carbocycles. The molecule has 0 unspecified atom stereocenters. The molecular weight excluding hydrogens is 654 g/mol. The predicted molar refractivity (Wildman–Crippen MR) is 199 cm³/mol. The third-order valence-corrected chi connectivity index (χ3v) is 8.76. The highest BCUT2D eigenvalue weighted by Crippen LogP contribution is 2.14. The number of rotatable bonds is 18. The van der Waals surface area contributed by atoms with Crippen molar-refractivity contribution < 1.29 is 28.8 Å². The minimum Gasteiger partial charge on any atom is -0.343 e. The molecule has 0 bridgehead atoms. The molecule has 51 heavy (non-hydrogen) atoms. The standard InChI is InChI=1S/C36H69N9O6/c1-22(2)19-28-34(49)40-26(14-8-11-17-38)32(47)44-30(21-24(5)6)36(51)42-27(15-9-12-18-39)33(48)45-29(20-23(3)4)35(50)41-25(31(46)43-28)13-7-10-16-37/h22-30H,7-21,37-39H2,1-6H3,(H,40,49)(H,41,50)(H,42,51)(H,43,46)(H,44,47)(H,45,48)/t25-,26-,27-,28+,29+,30+/m1/s1. The number of carbonyl (C=O) groups is 6. The molecule has 0 aliphatic carbocycles. The summed E-state index contributed by atoms with van der Waals surface area (Å²) in [4.78, 5) is 83.0. The molecule has 0 aromatic heterocycles. The number of hydrogen-bond donors (Lipinski definition) is 9. The Morgan fingerprint density at radius 3 is 0.765 bits per heavy atom. The van der Waals surface area contributed by atoms with E-state index in [4.69, 9.17) is 17.2 Å². The lowest BCUT2D eigenvalue weighted by Gasteiger charge is -2.30. The Morgan fingerprint density at radius 1 is 0.373 bits per heavy atom. The monoisotopic (exact) mass is 724 g/mol. The quantitative estimate of drug-likeness (QED) is 0.0888. The van der Waals surface area contributed by atoms with Gasteiger partial charge in [0.1, 0.15) is 36.3 Å². The topological polar surface area (TPSA) is 253 Å². The molecular formula is C36H69N9O6. The van der Waals surface area contributed by atoms with Crippen molar-refractivity contribution in [1.82, 2.24) is 31.9 Å². The third kappa shape index (κ3) is 18.2. The number of unbranched alkanes of at least 4 members (excludes halogenated alkanes) is 3. The Balaban J connectivity index is 3.75. The fourth-order valence-electron chi connectivity index (χ4n) is 6.03. The lowest BCUT2D eigenvalue weighted by Crippen LogP contribution is -2.61. The molecule has 12 N–H and O–H groups in total. The van der Waals surface area contributed by atoms with E-state index in [2.05, 4.69) is 31.9 Å². The van der Waals surface area contributed by atoms with Crippen LogP contribution in [0.4, 0.5) is 0 Å². The van der Waals surface area contributed by atoms with E-state index >= 15 is 0 Å². The van der Waals surface area contributed by atoms with Crippen molar-refractivity contribution in [2.75, 3.05) is 19.6 Å². The Hall–Kier alpha value is -3.30. The highest BCUT2D eigenvalue weighted by molar-refractivity contribution is 5.98. The second-order valence-corrected chi connectivity index (χ2v) is 15.1. The molecule has 15 heteroatoms. The number of nitrogens with two attached hydrogens (primary N) is 3. The number of carbonyl (C=O) groups excluding carboxylic acids is 6. The van der Waals surface area contributed by atoms with Crippen molar-refractivity contribution in [1.29, 1.82) is 0 Å². The summed E-state index contributed by atoms with van der Waals surface area (Å²) in [6.07, 6.45) is 5.03. The van der Waals surface area contributed by atoms with Crippen LogP contribution in [0.15, 0.2) is 0 Å². The zero-order valence-corrected chi connectivity index (χ0v) is 32.0. The Labute approximate surface area is 305 Å². The van der Waals surface area contributed by atoms with Crippen molar-refractivity contribution in [3.63, 3.8) is 0 Å². The molecule has 0 saturated carbocycles. The summed E-state index contributed by atoms with van der Waals surface area (Å²) in [6.45, 7) is 12.7. The molecule has 1 aliphatic heterocycles. The average Bonchev–Trinajstić information content (AvgIpc) is 3.04. The minimum absolute atomic E-state index is 0.00347. The summed E-state index contributed by atoms with van der Waals surface area (Å²) < 4.78 is 0. The molecule has 1 heterocycles. The number of amides is 6. The molecule has 1 saturated heterocycles. The predicted octanol–water partition coefficient (Wildman–Crippen LogP) is 0.434. The lowest BCUT2D eigenvalue weighted by molar-refractivity contribution is -0.137. The van der Waals surface area contributed by atoms with Crippen LogP contribution >= 0.6 is 0 Å². The van der Waals surface area contributed by atoms with Crippen LogP contribution in [-0.2, 0) is 28.8 Å². The van der Waals surface area contributed by atoms with Gasteiger partial charge in [0.2, 0.25) is 35.4 Å². The van der Waals surface area contributed by atoms with Gasteiger partial charge in [-0.25, -0.2) is 0 Å². The highest BCUT2D eigenvalue weighted by atomic mass is 16.2. The molecule has 1 rings (SSSR count). The Morgan fingerprint density at radius 2 is 0.569 bits per heavy atom. The van der Waals surface area contributed by atoms with E-state index in [9.17, 15) is 28.8 Å². The van der Waals surface area contributed by atoms with Gasteiger partial charge in [-0.05, 0) is 114 Å². The number of nitrogens with one attached hydrogen (secondary N) is 6. The average molecular weight is 724 g/mol. The van der Waals surface area contributed by atoms with Crippen LogP contribution in [0.25, 0.3) is 0 Å². The van der Waals surface area contributed by atoms with E-state index in [1.807, 2.05) is 41.5 Å². The highest BCUT2D eigenvalue weighted by Gasteiger charge is 2.35. The van der Waals surface area contributed by atoms with Gasteiger partial charge in [-0.3, -0.25) is 28.8 Å². The van der Waals surface area contributed by atoms with Crippen LogP contribution in [0.2, 0.25) is 0 Å². The summed E-state index contributed by atoms with van der Waals surface area (Å²) in [6, 6.07) is -6.08. The zero-order chi connectivity index (χ0) is 38.5. The minimum atomic E-state index is -1.02. The van der Waals surface area contributed by atoms with Crippen LogP contribution in [0.3, 0.4) is 0 Å². The van der Waals surface area contributed by atoms with Crippen molar-refractivity contribution in [3.8, 4) is 0 Å². The molecule has 1 aliphatic rings. The van der Waals surface area contributed by atoms with Gasteiger partial charge >= 0.3 is 0 Å². The fourth-order valence-corrected chi connectivity index (χ4v) is 6.03. The Bertz CT molecular complexity index is 970. The van der Waals surface area contributed by atoms with Crippen LogP contribution in [0.5, 0.6) is 0 Å². The van der Waals surface area contributed by atoms with Gasteiger partial charge in [0.05, 0.1) is 0 Å². The van der Waals surface area contributed by atoms with Crippen LogP contribution in [0, 0.1) is 17.8 Å². The van der Waals surface area contributed by atoms with Gasteiger partial charge in [-0.15, -0.1) is 0 Å². The van der Waals surface area contributed by atoms with E-state index in [1.54, 1.807) is 0 Å². The first-order valence-corrected chi connectivity index (χ1v) is 19.1. The van der Waals surface area contributed by atoms with Crippen LogP contribution < -0.4 is 49.1 Å². The summed E-state index contributed by atoms with van der Waals surface area (Å²) in [5.74, 6) is -3.31. The normalized spacial score (nSPS) is 24.7. The van der Waals surface area contributed by atoms with E-state index < -0.39 is 71.7 Å². The Kier molecular flexibility index (Phi) is 22.2. The van der Waals surface area contributed by atoms with Crippen molar-refractivity contribution in [3.05, 3.63) is 0 Å². The van der Waals surface area contributed by atoms with E-state index in [1.165, 1.54) is 0 Å². The number of hydrogen-bond acceptors (Lipinski definition) is 9. The molecule has 6 amide bonds. The van der Waals surface area contributed by atoms with Crippen molar-refractivity contribution in [2.24, 2.45) is 35.0 Å². The molecule has 6 atom stereocenters. The lowest BCUT2D eigenvalue weighted by atomic mass is 9.98. The zero-order valence-electron chi connectivity index (χ0n) is 32.0. The fraction of sp³-hybridized carbons (Fsp3) is 0.833. The van der Waals surface area contributed by atoms with Crippen molar-refractivity contribution >= 4 is 35.4 Å². The smallest absolute Gasteiger partial charge is 0.243 e. The first-order valence-electron chi connectivity index (χ1n) is 19.1. The SMILES string of the molecule is CC(C)C[C@@H]1NC(=O)[C@@H](CCCCN)NC(=O)[C@H](CC(C)C)NC(=O)[C@@H](CCCCN)NC(=O)[C@H](CC(C)C)NC(=O)[C@@H](CCCCN)NC1=O. The second kappa shape index (κ2) is 24.8. The first kappa shape index (κ1) is 45.7. The van der Waals surface area contributed by atoms with Gasteiger partial charge in [0.15, 0.2) is 0 Å². The van der Waals surface area contributed by atoms with E-state index in [-0.39, 0.29) is 56.3 Å². The molecule has 0 radical (unpaired) electrons. The molecule has 0 spiro atoms. The summed E-state index contributed by atoms with van der Waals surface area (Å²) in [7, 11) is 0. The maximum Gasteiger partial charge on any atom is 0.243 e. The molecule has 15 nitrogen and oxygen atoms in total. The summed E-state index contributed by atoms with van der Waals surface area (Å²) in [5.41, 5.74) is 17.2. The largest absolute Gasteiger partial charge is 0.343 e. The van der Waals surface area contributed by atoms with Gasteiger partial charge in [-0.2, -0.15) is 0 Å². The van der Waals surface area contributed by atoms with Gasteiger partial charge in [0, 0.05) is 0 Å². The van der Waals surface area contributed by atoms with E-state index in [0.717, 1.165) is 0 Å². The third-order valence-electron chi connectivity index (χ3n) is 8.76.